The molecule has 16 heavy (non-hydrogen) atoms. The average Bonchev–Trinajstić information content (AvgIpc) is 2.73. The van der Waals surface area contributed by atoms with Gasteiger partial charge in [0.25, 0.3) is 0 Å². The molecule has 0 unspecified atom stereocenters. The molecule has 0 spiro atoms. The van der Waals surface area contributed by atoms with Gasteiger partial charge in [0.05, 0.1) is 7.11 Å². The van der Waals surface area contributed by atoms with Crippen LogP contribution in [0.4, 0.5) is 4.39 Å². The van der Waals surface area contributed by atoms with Crippen molar-refractivity contribution in [3.8, 4) is 5.75 Å². The number of hydrogen-bond donors (Lipinski definition) is 0. The number of hydrogen-bond acceptors (Lipinski definition) is 3. The van der Waals surface area contributed by atoms with Crippen LogP contribution in [0.25, 0.3) is 12.2 Å². The Bertz CT molecular complexity index is 488. The van der Waals surface area contributed by atoms with Gasteiger partial charge in [-0.25, -0.2) is 0 Å². The molecule has 2 aromatic rings. The fourth-order valence-corrected chi connectivity index (χ4v) is 1.24. The molecular formula is C12H10FNO2. The van der Waals surface area contributed by atoms with Gasteiger partial charge in [-0.05, 0) is 23.8 Å². The van der Waals surface area contributed by atoms with Crippen LogP contribution in [0.2, 0.25) is 0 Å². The Morgan fingerprint density at radius 3 is 2.56 bits per heavy atom. The van der Waals surface area contributed by atoms with Crippen molar-refractivity contribution < 1.29 is 13.5 Å². The largest absolute Gasteiger partial charge is 0.497 e. The highest BCUT2D eigenvalue weighted by atomic mass is 19.1. The molecule has 0 radical (unpaired) electrons. The minimum atomic E-state index is -0.825. The highest BCUT2D eigenvalue weighted by molar-refractivity contribution is 5.67. The summed E-state index contributed by atoms with van der Waals surface area (Å²) in [6, 6.07) is 7.49. The molecule has 1 heterocycles. The van der Waals surface area contributed by atoms with Crippen molar-refractivity contribution in [2.45, 2.75) is 0 Å². The SMILES string of the molecule is COc1ccc(C=Cc2coc(F)n2)cc1. The van der Waals surface area contributed by atoms with Gasteiger partial charge in [-0.15, -0.1) is 4.39 Å². The fraction of sp³-hybridized carbons (Fsp3) is 0.0833. The van der Waals surface area contributed by atoms with E-state index in [1.807, 2.05) is 30.3 Å². The first-order valence-electron chi connectivity index (χ1n) is 4.71. The summed E-state index contributed by atoms with van der Waals surface area (Å²) in [7, 11) is 1.61. The quantitative estimate of drug-likeness (QED) is 0.796. The molecule has 0 bridgehead atoms. The Morgan fingerprint density at radius 1 is 1.25 bits per heavy atom. The number of benzene rings is 1. The third kappa shape index (κ3) is 2.48. The molecule has 0 atom stereocenters. The van der Waals surface area contributed by atoms with Crippen LogP contribution >= 0.6 is 0 Å². The van der Waals surface area contributed by atoms with E-state index in [1.165, 1.54) is 6.26 Å². The van der Waals surface area contributed by atoms with Crippen molar-refractivity contribution >= 4 is 12.2 Å². The summed E-state index contributed by atoms with van der Waals surface area (Å²) < 4.78 is 21.9. The first-order valence-corrected chi connectivity index (χ1v) is 4.71. The Morgan fingerprint density at radius 2 is 2.00 bits per heavy atom. The van der Waals surface area contributed by atoms with Crippen LogP contribution in [0.15, 0.2) is 34.9 Å². The van der Waals surface area contributed by atoms with E-state index in [9.17, 15) is 4.39 Å². The standard InChI is InChI=1S/C12H10FNO2/c1-15-11-6-3-9(4-7-11)2-5-10-8-16-12(13)14-10/h2-8H,1H3. The van der Waals surface area contributed by atoms with Crippen LogP contribution in [0.1, 0.15) is 11.3 Å². The van der Waals surface area contributed by atoms with Crippen molar-refractivity contribution in [1.29, 1.82) is 0 Å². The minimum absolute atomic E-state index is 0.452. The van der Waals surface area contributed by atoms with Gasteiger partial charge in [-0.2, -0.15) is 4.98 Å². The van der Waals surface area contributed by atoms with E-state index in [1.54, 1.807) is 13.2 Å². The number of aromatic nitrogens is 1. The fourth-order valence-electron chi connectivity index (χ4n) is 1.24. The Hall–Kier alpha value is -2.10. The van der Waals surface area contributed by atoms with Crippen molar-refractivity contribution in [2.24, 2.45) is 0 Å². The van der Waals surface area contributed by atoms with Gasteiger partial charge < -0.3 is 9.15 Å². The van der Waals surface area contributed by atoms with Crippen LogP contribution in [0.5, 0.6) is 5.75 Å². The molecule has 0 aliphatic rings. The summed E-state index contributed by atoms with van der Waals surface area (Å²) in [5, 5.41) is 0. The summed E-state index contributed by atoms with van der Waals surface area (Å²) in [6.45, 7) is 0. The second-order valence-corrected chi connectivity index (χ2v) is 3.13. The van der Waals surface area contributed by atoms with Gasteiger partial charge in [0.1, 0.15) is 17.7 Å². The number of methoxy groups -OCH3 is 1. The predicted molar refractivity (Wildman–Crippen MR) is 58.4 cm³/mol. The van der Waals surface area contributed by atoms with Crippen LogP contribution in [0.3, 0.4) is 0 Å². The number of oxazole rings is 1. The van der Waals surface area contributed by atoms with Gasteiger partial charge in [-0.1, -0.05) is 18.2 Å². The normalized spacial score (nSPS) is 10.9. The van der Waals surface area contributed by atoms with Gasteiger partial charge >= 0.3 is 6.14 Å². The lowest BCUT2D eigenvalue weighted by molar-refractivity contribution is 0.336. The van der Waals surface area contributed by atoms with Gasteiger partial charge in [0.2, 0.25) is 0 Å². The van der Waals surface area contributed by atoms with Gasteiger partial charge in [0.15, 0.2) is 0 Å². The van der Waals surface area contributed by atoms with E-state index in [2.05, 4.69) is 9.40 Å². The molecular weight excluding hydrogens is 209 g/mol. The van der Waals surface area contributed by atoms with Gasteiger partial charge in [-0.3, -0.25) is 0 Å². The highest BCUT2D eigenvalue weighted by Crippen LogP contribution is 2.13. The zero-order chi connectivity index (χ0) is 11.4. The molecule has 1 aromatic carbocycles. The average molecular weight is 219 g/mol. The third-order valence-corrected chi connectivity index (χ3v) is 2.06. The maximum atomic E-state index is 12.4. The van der Waals surface area contributed by atoms with Gasteiger partial charge in [0, 0.05) is 0 Å². The van der Waals surface area contributed by atoms with Crippen LogP contribution in [-0.2, 0) is 0 Å². The lowest BCUT2D eigenvalue weighted by Crippen LogP contribution is -1.81. The van der Waals surface area contributed by atoms with Crippen molar-refractivity contribution in [3.63, 3.8) is 0 Å². The molecule has 0 N–H and O–H groups in total. The number of ether oxygens (including phenoxy) is 1. The molecule has 1 aromatic heterocycles. The molecule has 3 nitrogen and oxygen atoms in total. The van der Waals surface area contributed by atoms with Crippen LogP contribution in [-0.4, -0.2) is 12.1 Å². The molecule has 82 valence electrons. The number of nitrogens with zero attached hydrogens (tertiary/aromatic N) is 1. The topological polar surface area (TPSA) is 35.3 Å². The van der Waals surface area contributed by atoms with Crippen LogP contribution in [0, 0.1) is 6.14 Å². The van der Waals surface area contributed by atoms with E-state index < -0.39 is 6.14 Å². The van der Waals surface area contributed by atoms with Crippen molar-refractivity contribution in [2.75, 3.05) is 7.11 Å². The highest BCUT2D eigenvalue weighted by Gasteiger charge is 1.97. The number of rotatable bonds is 3. The summed E-state index contributed by atoms with van der Waals surface area (Å²) >= 11 is 0. The smallest absolute Gasteiger partial charge is 0.381 e. The Balaban J connectivity index is 2.11. The molecule has 0 amide bonds. The van der Waals surface area contributed by atoms with E-state index >= 15 is 0 Å². The zero-order valence-corrected chi connectivity index (χ0v) is 8.68. The molecule has 0 saturated heterocycles. The van der Waals surface area contributed by atoms with Crippen molar-refractivity contribution in [1.82, 2.24) is 4.98 Å². The summed E-state index contributed by atoms with van der Waals surface area (Å²) in [5.41, 5.74) is 1.43. The second-order valence-electron chi connectivity index (χ2n) is 3.13. The molecule has 2 rings (SSSR count). The zero-order valence-electron chi connectivity index (χ0n) is 8.68. The molecule has 0 fully saturated rings. The van der Waals surface area contributed by atoms with Crippen LogP contribution < -0.4 is 4.74 Å². The maximum Gasteiger partial charge on any atom is 0.381 e. The molecule has 0 aliphatic heterocycles. The minimum Gasteiger partial charge on any atom is -0.497 e. The van der Waals surface area contributed by atoms with E-state index in [0.29, 0.717) is 5.69 Å². The Labute approximate surface area is 92.2 Å². The van der Waals surface area contributed by atoms with Crippen molar-refractivity contribution in [3.05, 3.63) is 47.9 Å². The lowest BCUT2D eigenvalue weighted by atomic mass is 10.2. The summed E-state index contributed by atoms with van der Waals surface area (Å²) in [5.74, 6) is 0.796. The van der Waals surface area contributed by atoms with E-state index in [-0.39, 0.29) is 0 Å². The van der Waals surface area contributed by atoms with E-state index in [0.717, 1.165) is 11.3 Å². The first-order chi connectivity index (χ1) is 7.78. The molecule has 0 saturated carbocycles. The maximum absolute atomic E-state index is 12.4. The summed E-state index contributed by atoms with van der Waals surface area (Å²) in [4.78, 5) is 3.51. The molecule has 0 aliphatic carbocycles. The molecule has 4 heteroatoms. The Kier molecular flexibility index (Phi) is 3.00. The first kappa shape index (κ1) is 10.4. The lowest BCUT2D eigenvalue weighted by Gasteiger charge is -1.98. The monoisotopic (exact) mass is 219 g/mol. The third-order valence-electron chi connectivity index (χ3n) is 2.06. The number of halogens is 1. The predicted octanol–water partition coefficient (Wildman–Crippen LogP) is 2.99. The van der Waals surface area contributed by atoms with E-state index in [4.69, 9.17) is 4.74 Å². The second kappa shape index (κ2) is 4.61. The summed E-state index contributed by atoms with van der Waals surface area (Å²) in [6.07, 6.45) is 3.93.